The van der Waals surface area contributed by atoms with Crippen molar-refractivity contribution in [3.05, 3.63) is 52.9 Å². The number of halogens is 1. The van der Waals surface area contributed by atoms with Gasteiger partial charge in [-0.2, -0.15) is 5.26 Å². The second-order valence-electron chi connectivity index (χ2n) is 5.22. The fourth-order valence-corrected chi connectivity index (χ4v) is 2.07. The predicted octanol–water partition coefficient (Wildman–Crippen LogP) is 2.57. The standard InChI is InChI=1S/C16H18ClN5/c1-21(2)7-8-22(12-13-3-5-14(17)6-4-13)16-11-19-15(9-18)10-20-16/h3-6,10-11H,7-8,12H2,1-2H3. The van der Waals surface area contributed by atoms with Gasteiger partial charge in [-0.25, -0.2) is 9.97 Å². The van der Waals surface area contributed by atoms with Gasteiger partial charge in [0.2, 0.25) is 0 Å². The largest absolute Gasteiger partial charge is 0.350 e. The lowest BCUT2D eigenvalue weighted by Crippen LogP contribution is -2.32. The highest BCUT2D eigenvalue weighted by atomic mass is 35.5. The molecule has 6 heteroatoms. The Morgan fingerprint density at radius 1 is 1.09 bits per heavy atom. The molecule has 0 saturated carbocycles. The molecule has 114 valence electrons. The average Bonchev–Trinajstić information content (AvgIpc) is 2.53. The number of benzene rings is 1. The van der Waals surface area contributed by atoms with E-state index in [0.29, 0.717) is 12.2 Å². The van der Waals surface area contributed by atoms with Crippen molar-refractivity contribution in [3.63, 3.8) is 0 Å². The van der Waals surface area contributed by atoms with Gasteiger partial charge in [0.25, 0.3) is 0 Å². The van der Waals surface area contributed by atoms with Crippen molar-refractivity contribution in [2.75, 3.05) is 32.1 Å². The van der Waals surface area contributed by atoms with Gasteiger partial charge in [-0.05, 0) is 31.8 Å². The van der Waals surface area contributed by atoms with Crippen molar-refractivity contribution in [1.29, 1.82) is 5.26 Å². The third kappa shape index (κ3) is 4.69. The first-order valence-electron chi connectivity index (χ1n) is 6.95. The normalized spacial score (nSPS) is 10.5. The molecule has 2 rings (SSSR count). The van der Waals surface area contributed by atoms with Crippen molar-refractivity contribution in [2.45, 2.75) is 6.54 Å². The lowest BCUT2D eigenvalue weighted by Gasteiger charge is -2.25. The predicted molar refractivity (Wildman–Crippen MR) is 87.8 cm³/mol. The smallest absolute Gasteiger partial charge is 0.158 e. The fourth-order valence-electron chi connectivity index (χ4n) is 1.95. The summed E-state index contributed by atoms with van der Waals surface area (Å²) in [7, 11) is 4.07. The summed E-state index contributed by atoms with van der Waals surface area (Å²) in [5.41, 5.74) is 1.47. The summed E-state index contributed by atoms with van der Waals surface area (Å²) >= 11 is 5.93. The van der Waals surface area contributed by atoms with Gasteiger partial charge in [-0.15, -0.1) is 0 Å². The third-order valence-corrected chi connectivity index (χ3v) is 3.43. The topological polar surface area (TPSA) is 56.0 Å². The van der Waals surface area contributed by atoms with E-state index in [0.717, 1.165) is 29.5 Å². The number of nitriles is 1. The Hall–Kier alpha value is -2.16. The minimum atomic E-state index is 0.322. The van der Waals surface area contributed by atoms with Crippen molar-refractivity contribution in [1.82, 2.24) is 14.9 Å². The second kappa shape index (κ2) is 7.74. The van der Waals surface area contributed by atoms with E-state index in [1.165, 1.54) is 6.20 Å². The van der Waals surface area contributed by atoms with Gasteiger partial charge >= 0.3 is 0 Å². The Labute approximate surface area is 135 Å². The van der Waals surface area contributed by atoms with Crippen LogP contribution in [0.1, 0.15) is 11.3 Å². The van der Waals surface area contributed by atoms with Crippen LogP contribution in [0.2, 0.25) is 5.02 Å². The van der Waals surface area contributed by atoms with E-state index in [-0.39, 0.29) is 0 Å². The number of aromatic nitrogens is 2. The molecule has 0 bridgehead atoms. The SMILES string of the molecule is CN(C)CCN(Cc1ccc(Cl)cc1)c1cnc(C#N)cn1. The van der Waals surface area contributed by atoms with Crippen LogP contribution in [0.4, 0.5) is 5.82 Å². The number of hydrogen-bond donors (Lipinski definition) is 0. The molecule has 0 saturated heterocycles. The maximum atomic E-state index is 8.82. The molecule has 1 aromatic heterocycles. The zero-order valence-electron chi connectivity index (χ0n) is 12.7. The minimum absolute atomic E-state index is 0.322. The number of anilines is 1. The number of hydrogen-bond acceptors (Lipinski definition) is 5. The summed E-state index contributed by atoms with van der Waals surface area (Å²) in [6.07, 6.45) is 3.14. The van der Waals surface area contributed by atoms with E-state index < -0.39 is 0 Å². The molecule has 1 aromatic carbocycles. The minimum Gasteiger partial charge on any atom is -0.350 e. The third-order valence-electron chi connectivity index (χ3n) is 3.18. The molecule has 2 aromatic rings. The summed E-state index contributed by atoms with van der Waals surface area (Å²) in [5.74, 6) is 0.760. The molecule has 0 atom stereocenters. The van der Waals surface area contributed by atoms with Gasteiger partial charge < -0.3 is 9.80 Å². The molecule has 0 radical (unpaired) electrons. The highest BCUT2D eigenvalue weighted by Crippen LogP contribution is 2.16. The highest BCUT2D eigenvalue weighted by molar-refractivity contribution is 6.30. The Balaban J connectivity index is 2.17. The van der Waals surface area contributed by atoms with Crippen LogP contribution in [0.3, 0.4) is 0 Å². The maximum Gasteiger partial charge on any atom is 0.158 e. The molecule has 0 unspecified atom stereocenters. The van der Waals surface area contributed by atoms with Crippen molar-refractivity contribution in [3.8, 4) is 6.07 Å². The molecule has 0 spiro atoms. The first-order valence-corrected chi connectivity index (χ1v) is 7.32. The zero-order valence-corrected chi connectivity index (χ0v) is 13.5. The molecule has 22 heavy (non-hydrogen) atoms. The monoisotopic (exact) mass is 315 g/mol. The summed E-state index contributed by atoms with van der Waals surface area (Å²) in [6, 6.07) is 9.75. The van der Waals surface area contributed by atoms with E-state index in [4.69, 9.17) is 16.9 Å². The first kappa shape index (κ1) is 16.2. The van der Waals surface area contributed by atoms with E-state index in [9.17, 15) is 0 Å². The number of likely N-dealkylation sites (N-methyl/N-ethyl adjacent to an activating group) is 1. The maximum absolute atomic E-state index is 8.82. The Kier molecular flexibility index (Phi) is 5.70. The van der Waals surface area contributed by atoms with Crippen LogP contribution in [0.15, 0.2) is 36.7 Å². The zero-order chi connectivity index (χ0) is 15.9. The Bertz CT molecular complexity index is 631. The molecule has 0 aliphatic heterocycles. The molecule has 0 N–H and O–H groups in total. The van der Waals surface area contributed by atoms with Gasteiger partial charge in [-0.3, -0.25) is 0 Å². The lowest BCUT2D eigenvalue weighted by atomic mass is 10.2. The van der Waals surface area contributed by atoms with Crippen LogP contribution in [0, 0.1) is 11.3 Å². The van der Waals surface area contributed by atoms with Crippen LogP contribution < -0.4 is 4.90 Å². The second-order valence-corrected chi connectivity index (χ2v) is 5.66. The van der Waals surface area contributed by atoms with Crippen LogP contribution in [0.25, 0.3) is 0 Å². The quantitative estimate of drug-likeness (QED) is 0.820. The molecule has 0 fully saturated rings. The number of nitrogens with zero attached hydrogens (tertiary/aromatic N) is 5. The molecule has 0 amide bonds. The summed E-state index contributed by atoms with van der Waals surface area (Å²) in [4.78, 5) is 12.7. The van der Waals surface area contributed by atoms with E-state index >= 15 is 0 Å². The molecule has 1 heterocycles. The Morgan fingerprint density at radius 2 is 1.82 bits per heavy atom. The van der Waals surface area contributed by atoms with E-state index in [2.05, 4.69) is 19.8 Å². The average molecular weight is 316 g/mol. The van der Waals surface area contributed by atoms with Gasteiger partial charge in [0, 0.05) is 24.7 Å². The highest BCUT2D eigenvalue weighted by Gasteiger charge is 2.10. The molecule has 5 nitrogen and oxygen atoms in total. The molecular weight excluding hydrogens is 298 g/mol. The molecular formula is C16H18ClN5. The Morgan fingerprint density at radius 3 is 2.36 bits per heavy atom. The van der Waals surface area contributed by atoms with E-state index in [1.54, 1.807) is 6.20 Å². The van der Waals surface area contributed by atoms with Crippen LogP contribution >= 0.6 is 11.6 Å². The van der Waals surface area contributed by atoms with Crippen molar-refractivity contribution < 1.29 is 0 Å². The lowest BCUT2D eigenvalue weighted by molar-refractivity contribution is 0.412. The number of rotatable bonds is 6. The van der Waals surface area contributed by atoms with E-state index in [1.807, 2.05) is 44.4 Å². The van der Waals surface area contributed by atoms with Gasteiger partial charge in [0.05, 0.1) is 12.4 Å². The van der Waals surface area contributed by atoms with Crippen LogP contribution in [0.5, 0.6) is 0 Å². The van der Waals surface area contributed by atoms with Crippen LogP contribution in [-0.4, -0.2) is 42.1 Å². The molecule has 0 aliphatic carbocycles. The van der Waals surface area contributed by atoms with Crippen LogP contribution in [-0.2, 0) is 6.54 Å². The summed E-state index contributed by atoms with van der Waals surface area (Å²) in [5, 5.41) is 9.54. The van der Waals surface area contributed by atoms with Gasteiger partial charge in [-0.1, -0.05) is 23.7 Å². The molecule has 0 aliphatic rings. The van der Waals surface area contributed by atoms with Gasteiger partial charge in [0.1, 0.15) is 11.9 Å². The summed E-state index contributed by atoms with van der Waals surface area (Å²) < 4.78 is 0. The van der Waals surface area contributed by atoms with Crippen molar-refractivity contribution >= 4 is 17.4 Å². The fraction of sp³-hybridized carbons (Fsp3) is 0.312. The first-order chi connectivity index (χ1) is 10.6. The summed E-state index contributed by atoms with van der Waals surface area (Å²) in [6.45, 7) is 2.43. The van der Waals surface area contributed by atoms with Crippen molar-refractivity contribution in [2.24, 2.45) is 0 Å². The van der Waals surface area contributed by atoms with Gasteiger partial charge in [0.15, 0.2) is 5.69 Å².